The zero-order valence-electron chi connectivity index (χ0n) is 11.2. The van der Waals surface area contributed by atoms with Crippen molar-refractivity contribution < 1.29 is 5.11 Å². The molecule has 0 amide bonds. The molecule has 0 atom stereocenters. The monoisotopic (exact) mass is 235 g/mol. The second-order valence-corrected chi connectivity index (χ2v) is 4.58. The van der Waals surface area contributed by atoms with Gasteiger partial charge in [-0.1, -0.05) is 31.9 Å². The molecule has 0 unspecified atom stereocenters. The van der Waals surface area contributed by atoms with Crippen LogP contribution in [0.5, 0.6) is 0 Å². The number of aryl methyl sites for hydroxylation is 1. The fourth-order valence-corrected chi connectivity index (χ4v) is 1.93. The summed E-state index contributed by atoms with van der Waals surface area (Å²) in [4.78, 5) is 2.30. The number of unbranched alkanes of at least 4 members (excludes halogenated alkanes) is 3. The van der Waals surface area contributed by atoms with E-state index in [0.29, 0.717) is 6.61 Å². The number of aliphatic hydroxyl groups is 1. The predicted octanol–water partition coefficient (Wildman–Crippen LogP) is 3.24. The van der Waals surface area contributed by atoms with Gasteiger partial charge in [0.2, 0.25) is 0 Å². The summed E-state index contributed by atoms with van der Waals surface area (Å²) in [6.07, 6.45) is 5.59. The van der Waals surface area contributed by atoms with E-state index in [4.69, 9.17) is 5.11 Å². The summed E-state index contributed by atoms with van der Waals surface area (Å²) in [5.41, 5.74) is 2.69. The van der Waals surface area contributed by atoms with E-state index in [2.05, 4.69) is 43.1 Å². The first-order chi connectivity index (χ1) is 8.27. The standard InChI is InChI=1S/C15H25NO/c1-3-14-8-10-15(11-9-14)16(2)12-6-4-5-7-13-17/h8-11,17H,3-7,12-13H2,1-2H3. The summed E-state index contributed by atoms with van der Waals surface area (Å²) in [5.74, 6) is 0. The third-order valence-electron chi connectivity index (χ3n) is 3.19. The molecule has 1 aromatic carbocycles. The van der Waals surface area contributed by atoms with Crippen LogP contribution >= 0.6 is 0 Å². The lowest BCUT2D eigenvalue weighted by molar-refractivity contribution is 0.282. The zero-order valence-corrected chi connectivity index (χ0v) is 11.2. The smallest absolute Gasteiger partial charge is 0.0431 e. The van der Waals surface area contributed by atoms with Gasteiger partial charge in [-0.3, -0.25) is 0 Å². The van der Waals surface area contributed by atoms with Gasteiger partial charge < -0.3 is 10.0 Å². The summed E-state index contributed by atoms with van der Waals surface area (Å²) in [5, 5.41) is 8.69. The summed E-state index contributed by atoms with van der Waals surface area (Å²) >= 11 is 0. The van der Waals surface area contributed by atoms with E-state index >= 15 is 0 Å². The molecule has 1 N–H and O–H groups in total. The van der Waals surface area contributed by atoms with Crippen LogP contribution in [0.4, 0.5) is 5.69 Å². The molecule has 0 radical (unpaired) electrons. The zero-order chi connectivity index (χ0) is 12.5. The Balaban J connectivity index is 2.28. The van der Waals surface area contributed by atoms with Crippen molar-refractivity contribution in [2.24, 2.45) is 0 Å². The highest BCUT2D eigenvalue weighted by Gasteiger charge is 2.00. The lowest BCUT2D eigenvalue weighted by atomic mass is 10.1. The van der Waals surface area contributed by atoms with Gasteiger partial charge in [0.05, 0.1) is 0 Å². The first kappa shape index (κ1) is 14.0. The average molecular weight is 235 g/mol. The van der Waals surface area contributed by atoms with Gasteiger partial charge in [-0.25, -0.2) is 0 Å². The van der Waals surface area contributed by atoms with E-state index in [1.165, 1.54) is 24.1 Å². The molecule has 0 aromatic heterocycles. The Bertz CT molecular complexity index is 294. The van der Waals surface area contributed by atoms with Crippen molar-refractivity contribution in [1.82, 2.24) is 0 Å². The quantitative estimate of drug-likeness (QED) is 0.699. The van der Waals surface area contributed by atoms with E-state index in [9.17, 15) is 0 Å². The third kappa shape index (κ3) is 5.22. The van der Waals surface area contributed by atoms with Gasteiger partial charge in [-0.05, 0) is 37.0 Å². The van der Waals surface area contributed by atoms with Crippen LogP contribution in [-0.4, -0.2) is 25.3 Å². The SMILES string of the molecule is CCc1ccc(N(C)CCCCCCO)cc1. The van der Waals surface area contributed by atoms with E-state index < -0.39 is 0 Å². The summed E-state index contributed by atoms with van der Waals surface area (Å²) < 4.78 is 0. The molecule has 17 heavy (non-hydrogen) atoms. The minimum Gasteiger partial charge on any atom is -0.396 e. The summed E-state index contributed by atoms with van der Waals surface area (Å²) in [6.45, 7) is 3.60. The van der Waals surface area contributed by atoms with Gasteiger partial charge in [-0.2, -0.15) is 0 Å². The molecule has 0 saturated heterocycles. The molecule has 0 aliphatic carbocycles. The Morgan fingerprint density at radius 2 is 1.65 bits per heavy atom. The highest BCUT2D eigenvalue weighted by molar-refractivity contribution is 5.46. The molecule has 0 aliphatic heterocycles. The molecule has 0 heterocycles. The Labute approximate surface area is 105 Å². The number of anilines is 1. The number of hydrogen-bond donors (Lipinski definition) is 1. The summed E-state index contributed by atoms with van der Waals surface area (Å²) in [7, 11) is 2.15. The van der Waals surface area contributed by atoms with Crippen LogP contribution in [0.2, 0.25) is 0 Å². The van der Waals surface area contributed by atoms with Crippen molar-refractivity contribution in [1.29, 1.82) is 0 Å². The summed E-state index contributed by atoms with van der Waals surface area (Å²) in [6, 6.07) is 8.81. The lowest BCUT2D eigenvalue weighted by Crippen LogP contribution is -2.18. The normalized spacial score (nSPS) is 10.5. The molecule has 2 nitrogen and oxygen atoms in total. The number of hydrogen-bond acceptors (Lipinski definition) is 2. The minimum atomic E-state index is 0.328. The van der Waals surface area contributed by atoms with Crippen LogP contribution < -0.4 is 4.90 Å². The van der Waals surface area contributed by atoms with Crippen LogP contribution in [0, 0.1) is 0 Å². The molecule has 96 valence electrons. The minimum absolute atomic E-state index is 0.328. The van der Waals surface area contributed by atoms with Gasteiger partial charge in [-0.15, -0.1) is 0 Å². The van der Waals surface area contributed by atoms with Gasteiger partial charge in [0, 0.05) is 25.9 Å². The van der Waals surface area contributed by atoms with E-state index in [0.717, 1.165) is 25.8 Å². The first-order valence-corrected chi connectivity index (χ1v) is 6.69. The molecule has 1 aromatic rings. The fourth-order valence-electron chi connectivity index (χ4n) is 1.93. The molecular formula is C15H25NO. The molecule has 1 rings (SSSR count). The van der Waals surface area contributed by atoms with Gasteiger partial charge >= 0.3 is 0 Å². The van der Waals surface area contributed by atoms with Crippen LogP contribution in [0.1, 0.15) is 38.2 Å². The largest absolute Gasteiger partial charge is 0.396 e. The van der Waals surface area contributed by atoms with Crippen molar-refractivity contribution >= 4 is 5.69 Å². The first-order valence-electron chi connectivity index (χ1n) is 6.69. The molecule has 0 bridgehead atoms. The van der Waals surface area contributed by atoms with Crippen LogP contribution in [0.25, 0.3) is 0 Å². The topological polar surface area (TPSA) is 23.5 Å². The highest BCUT2D eigenvalue weighted by atomic mass is 16.2. The Morgan fingerprint density at radius 1 is 1.00 bits per heavy atom. The number of benzene rings is 1. The predicted molar refractivity (Wildman–Crippen MR) is 74.6 cm³/mol. The van der Waals surface area contributed by atoms with Gasteiger partial charge in [0.1, 0.15) is 0 Å². The fraction of sp³-hybridized carbons (Fsp3) is 0.600. The van der Waals surface area contributed by atoms with Crippen LogP contribution in [-0.2, 0) is 6.42 Å². The van der Waals surface area contributed by atoms with Crippen molar-refractivity contribution in [3.63, 3.8) is 0 Å². The van der Waals surface area contributed by atoms with Gasteiger partial charge in [0.25, 0.3) is 0 Å². The van der Waals surface area contributed by atoms with Crippen LogP contribution in [0.3, 0.4) is 0 Å². The lowest BCUT2D eigenvalue weighted by Gasteiger charge is -2.19. The maximum absolute atomic E-state index is 8.69. The van der Waals surface area contributed by atoms with E-state index in [1.54, 1.807) is 0 Å². The third-order valence-corrected chi connectivity index (χ3v) is 3.19. The van der Waals surface area contributed by atoms with Crippen LogP contribution in [0.15, 0.2) is 24.3 Å². The average Bonchev–Trinajstić information content (AvgIpc) is 2.38. The molecule has 0 fully saturated rings. The molecule has 0 spiro atoms. The van der Waals surface area contributed by atoms with E-state index in [-0.39, 0.29) is 0 Å². The molecular weight excluding hydrogens is 210 g/mol. The molecule has 2 heteroatoms. The van der Waals surface area contributed by atoms with Crippen molar-refractivity contribution in [3.05, 3.63) is 29.8 Å². The Kier molecular flexibility index (Phi) is 6.71. The molecule has 0 saturated carbocycles. The van der Waals surface area contributed by atoms with Crippen molar-refractivity contribution in [3.8, 4) is 0 Å². The maximum atomic E-state index is 8.69. The van der Waals surface area contributed by atoms with Crippen molar-refractivity contribution in [2.75, 3.05) is 25.1 Å². The second kappa shape index (κ2) is 8.13. The Morgan fingerprint density at radius 3 is 2.24 bits per heavy atom. The van der Waals surface area contributed by atoms with E-state index in [1.807, 2.05) is 0 Å². The number of rotatable bonds is 8. The highest BCUT2D eigenvalue weighted by Crippen LogP contribution is 2.15. The second-order valence-electron chi connectivity index (χ2n) is 4.58. The van der Waals surface area contributed by atoms with Gasteiger partial charge in [0.15, 0.2) is 0 Å². The Hall–Kier alpha value is -1.02. The molecule has 0 aliphatic rings. The van der Waals surface area contributed by atoms with Crippen molar-refractivity contribution in [2.45, 2.75) is 39.0 Å². The number of aliphatic hydroxyl groups excluding tert-OH is 1. The maximum Gasteiger partial charge on any atom is 0.0431 e. The number of nitrogens with zero attached hydrogens (tertiary/aromatic N) is 1.